The number of carbonyl (C=O) groups is 1. The van der Waals surface area contributed by atoms with Crippen molar-refractivity contribution in [1.82, 2.24) is 4.90 Å². The summed E-state index contributed by atoms with van der Waals surface area (Å²) in [5, 5.41) is 12.8. The van der Waals surface area contributed by atoms with Crippen LogP contribution in [0.25, 0.3) is 0 Å². The topological polar surface area (TPSA) is 52.6 Å². The average Bonchev–Trinajstić information content (AvgIpc) is 2.31. The van der Waals surface area contributed by atoms with Crippen molar-refractivity contribution in [3.8, 4) is 0 Å². The number of nitrogens with zero attached hydrogens (tertiary/aromatic N) is 1. The summed E-state index contributed by atoms with van der Waals surface area (Å²) in [6, 6.07) is 3.91. The van der Waals surface area contributed by atoms with E-state index in [9.17, 15) is 9.90 Å². The van der Waals surface area contributed by atoms with E-state index in [2.05, 4.69) is 37.2 Å². The van der Waals surface area contributed by atoms with Crippen molar-refractivity contribution in [2.75, 3.05) is 25.0 Å². The molecule has 118 valence electrons. The monoisotopic (exact) mass is 420 g/mol. The van der Waals surface area contributed by atoms with Crippen molar-refractivity contribution in [3.63, 3.8) is 0 Å². The maximum absolute atomic E-state index is 12.2. The Morgan fingerprint density at radius 1 is 1.33 bits per heavy atom. The number of rotatable bonds is 6. The van der Waals surface area contributed by atoms with E-state index >= 15 is 0 Å². The molecule has 2 N–H and O–H groups in total. The Kier molecular flexibility index (Phi) is 6.84. The molecule has 1 aromatic rings. The van der Waals surface area contributed by atoms with Crippen LogP contribution in [0.3, 0.4) is 0 Å². The summed E-state index contributed by atoms with van der Waals surface area (Å²) in [6.45, 7) is 8.83. The molecule has 1 amide bonds. The second kappa shape index (κ2) is 7.72. The number of halogens is 2. The van der Waals surface area contributed by atoms with Crippen molar-refractivity contribution < 1.29 is 9.90 Å². The lowest BCUT2D eigenvalue weighted by Crippen LogP contribution is -2.42. The molecule has 0 bridgehead atoms. The highest BCUT2D eigenvalue weighted by Gasteiger charge is 2.20. The SMILES string of the molecule is CCN(CC(=O)Nc1c(Br)cc(C)cc1Br)CC(C)(C)O. The lowest BCUT2D eigenvalue weighted by Gasteiger charge is -2.27. The Bertz CT molecular complexity index is 490. The van der Waals surface area contributed by atoms with Crippen LogP contribution in [0.2, 0.25) is 0 Å². The third-order valence-electron chi connectivity index (χ3n) is 2.88. The van der Waals surface area contributed by atoms with E-state index in [1.807, 2.05) is 30.9 Å². The van der Waals surface area contributed by atoms with Crippen LogP contribution < -0.4 is 5.32 Å². The van der Waals surface area contributed by atoms with Gasteiger partial charge < -0.3 is 10.4 Å². The minimum absolute atomic E-state index is 0.105. The number of benzene rings is 1. The molecule has 21 heavy (non-hydrogen) atoms. The number of carbonyl (C=O) groups excluding carboxylic acids is 1. The number of hydrogen-bond donors (Lipinski definition) is 2. The van der Waals surface area contributed by atoms with Gasteiger partial charge in [0.2, 0.25) is 5.91 Å². The number of amides is 1. The zero-order chi connectivity index (χ0) is 16.2. The summed E-state index contributed by atoms with van der Waals surface area (Å²) in [7, 11) is 0. The molecule has 0 spiro atoms. The van der Waals surface area contributed by atoms with Crippen molar-refractivity contribution >= 4 is 43.5 Å². The summed E-state index contributed by atoms with van der Waals surface area (Å²) >= 11 is 6.92. The number of nitrogens with one attached hydrogen (secondary N) is 1. The maximum Gasteiger partial charge on any atom is 0.238 e. The molecule has 0 unspecified atom stereocenters. The second-order valence-corrected chi connectivity index (χ2v) is 7.48. The summed E-state index contributed by atoms with van der Waals surface area (Å²) in [5.74, 6) is -0.105. The summed E-state index contributed by atoms with van der Waals surface area (Å²) in [4.78, 5) is 14.1. The number of aliphatic hydroxyl groups is 1. The van der Waals surface area contributed by atoms with E-state index in [1.54, 1.807) is 13.8 Å². The van der Waals surface area contributed by atoms with E-state index < -0.39 is 5.60 Å². The molecule has 0 aliphatic carbocycles. The van der Waals surface area contributed by atoms with Gasteiger partial charge in [0, 0.05) is 15.5 Å². The van der Waals surface area contributed by atoms with Crippen LogP contribution in [0.15, 0.2) is 21.1 Å². The molecular weight excluding hydrogens is 400 g/mol. The van der Waals surface area contributed by atoms with Gasteiger partial charge in [-0.15, -0.1) is 0 Å². The van der Waals surface area contributed by atoms with Gasteiger partial charge >= 0.3 is 0 Å². The largest absolute Gasteiger partial charge is 0.389 e. The van der Waals surface area contributed by atoms with Crippen molar-refractivity contribution in [3.05, 3.63) is 26.6 Å². The normalized spacial score (nSPS) is 11.8. The summed E-state index contributed by atoms with van der Waals surface area (Å²) < 4.78 is 1.68. The molecule has 6 heteroatoms. The molecule has 0 radical (unpaired) electrons. The van der Waals surface area contributed by atoms with Gasteiger partial charge in [0.1, 0.15) is 0 Å². The fourth-order valence-corrected chi connectivity index (χ4v) is 3.64. The molecule has 0 aliphatic heterocycles. The Labute approximate surface area is 143 Å². The Morgan fingerprint density at radius 3 is 2.29 bits per heavy atom. The van der Waals surface area contributed by atoms with Crippen molar-refractivity contribution in [2.24, 2.45) is 0 Å². The van der Waals surface area contributed by atoms with Gasteiger partial charge in [0.25, 0.3) is 0 Å². The van der Waals surface area contributed by atoms with Crippen LogP contribution in [-0.2, 0) is 4.79 Å². The predicted molar refractivity (Wildman–Crippen MR) is 93.6 cm³/mol. The molecule has 0 atom stereocenters. The molecule has 0 aromatic heterocycles. The Balaban J connectivity index is 2.73. The number of anilines is 1. The highest BCUT2D eigenvalue weighted by molar-refractivity contribution is 9.11. The summed E-state index contributed by atoms with van der Waals surface area (Å²) in [6.07, 6.45) is 0. The van der Waals surface area contributed by atoms with Gasteiger partial charge in [-0.1, -0.05) is 6.92 Å². The van der Waals surface area contributed by atoms with Gasteiger partial charge in [-0.25, -0.2) is 0 Å². The highest BCUT2D eigenvalue weighted by atomic mass is 79.9. The second-order valence-electron chi connectivity index (χ2n) is 5.77. The minimum atomic E-state index is -0.818. The molecule has 0 aliphatic rings. The van der Waals surface area contributed by atoms with Crippen LogP contribution in [0.4, 0.5) is 5.69 Å². The lowest BCUT2D eigenvalue weighted by atomic mass is 10.1. The number of likely N-dealkylation sites (N-methyl/N-ethyl adjacent to an activating group) is 1. The first-order valence-electron chi connectivity index (χ1n) is 6.82. The first kappa shape index (κ1) is 18.6. The maximum atomic E-state index is 12.2. The third-order valence-corrected chi connectivity index (χ3v) is 4.13. The van der Waals surface area contributed by atoms with Crippen LogP contribution in [-0.4, -0.2) is 41.1 Å². The fourth-order valence-electron chi connectivity index (χ4n) is 2.03. The van der Waals surface area contributed by atoms with Crippen LogP contribution >= 0.6 is 31.9 Å². The lowest BCUT2D eigenvalue weighted by molar-refractivity contribution is -0.117. The number of aryl methyl sites for hydroxylation is 1. The first-order valence-corrected chi connectivity index (χ1v) is 8.41. The molecule has 0 saturated carbocycles. The highest BCUT2D eigenvalue weighted by Crippen LogP contribution is 2.32. The molecule has 0 saturated heterocycles. The third kappa shape index (κ3) is 6.46. The number of hydrogen-bond acceptors (Lipinski definition) is 3. The van der Waals surface area contributed by atoms with Gasteiger partial charge in [-0.3, -0.25) is 9.69 Å². The van der Waals surface area contributed by atoms with Crippen LogP contribution in [0, 0.1) is 6.92 Å². The standard InChI is InChI=1S/C15H22Br2N2O2/c1-5-19(9-15(3,4)21)8-13(20)18-14-11(16)6-10(2)7-12(14)17/h6-7,21H,5,8-9H2,1-4H3,(H,18,20). The molecule has 0 fully saturated rings. The van der Waals surface area contributed by atoms with Crippen molar-refractivity contribution in [2.45, 2.75) is 33.3 Å². The Morgan fingerprint density at radius 2 is 1.86 bits per heavy atom. The smallest absolute Gasteiger partial charge is 0.238 e. The molecule has 4 nitrogen and oxygen atoms in total. The Hall–Kier alpha value is -0.430. The zero-order valence-electron chi connectivity index (χ0n) is 12.8. The molecule has 0 heterocycles. The van der Waals surface area contributed by atoms with E-state index in [1.165, 1.54) is 0 Å². The summed E-state index contributed by atoms with van der Waals surface area (Å²) in [5.41, 5.74) is 1.01. The van der Waals surface area contributed by atoms with Crippen molar-refractivity contribution in [1.29, 1.82) is 0 Å². The zero-order valence-corrected chi connectivity index (χ0v) is 16.0. The quantitative estimate of drug-likeness (QED) is 0.738. The van der Waals surface area contributed by atoms with Crippen LogP contribution in [0.5, 0.6) is 0 Å². The first-order chi connectivity index (χ1) is 9.62. The molecular formula is C15H22Br2N2O2. The van der Waals surface area contributed by atoms with Gasteiger partial charge in [0.15, 0.2) is 0 Å². The molecule has 1 aromatic carbocycles. The molecule has 1 rings (SSSR count). The van der Waals surface area contributed by atoms with E-state index in [4.69, 9.17) is 0 Å². The van der Waals surface area contributed by atoms with Crippen LogP contribution in [0.1, 0.15) is 26.3 Å². The minimum Gasteiger partial charge on any atom is -0.389 e. The van der Waals surface area contributed by atoms with E-state index in [-0.39, 0.29) is 12.5 Å². The van der Waals surface area contributed by atoms with E-state index in [0.717, 1.165) is 20.2 Å². The van der Waals surface area contributed by atoms with Gasteiger partial charge in [0.05, 0.1) is 17.8 Å². The van der Waals surface area contributed by atoms with Gasteiger partial charge in [-0.2, -0.15) is 0 Å². The van der Waals surface area contributed by atoms with Gasteiger partial charge in [-0.05, 0) is 76.9 Å². The van der Waals surface area contributed by atoms with E-state index in [0.29, 0.717) is 13.1 Å². The average molecular weight is 422 g/mol. The predicted octanol–water partition coefficient (Wildman–Crippen LogP) is 3.55. The fraction of sp³-hybridized carbons (Fsp3) is 0.533.